The Bertz CT molecular complexity index is 1050. The highest BCUT2D eigenvalue weighted by Crippen LogP contribution is 2.25. The van der Waals surface area contributed by atoms with Gasteiger partial charge >= 0.3 is 0 Å². The number of rotatable bonds is 3. The van der Waals surface area contributed by atoms with Crippen LogP contribution < -0.4 is 5.56 Å². The summed E-state index contributed by atoms with van der Waals surface area (Å²) in [7, 11) is 0. The van der Waals surface area contributed by atoms with Crippen LogP contribution in [0.25, 0.3) is 11.4 Å². The summed E-state index contributed by atoms with van der Waals surface area (Å²) >= 11 is 18.1. The van der Waals surface area contributed by atoms with E-state index in [1.165, 1.54) is 0 Å². The molecule has 4 nitrogen and oxygen atoms in total. The summed E-state index contributed by atoms with van der Waals surface area (Å²) in [4.78, 5) is 22.3. The van der Waals surface area contributed by atoms with Crippen LogP contribution >= 0.6 is 34.8 Å². The highest BCUT2D eigenvalue weighted by molar-refractivity contribution is 6.42. The van der Waals surface area contributed by atoms with Crippen molar-refractivity contribution in [2.45, 2.75) is 19.5 Å². The van der Waals surface area contributed by atoms with Crippen LogP contribution in [0.3, 0.4) is 0 Å². The minimum Gasteiger partial charge on any atom is -0.306 e. The number of hydrogen-bond acceptors (Lipinski definition) is 3. The Morgan fingerprint density at radius 3 is 2.56 bits per heavy atom. The van der Waals surface area contributed by atoms with E-state index in [2.05, 4.69) is 9.88 Å². The molecule has 2 aromatic carbocycles. The zero-order valence-corrected chi connectivity index (χ0v) is 16.6. The number of nitrogens with one attached hydrogen (secondary N) is 1. The van der Waals surface area contributed by atoms with Crippen molar-refractivity contribution in [3.8, 4) is 11.4 Å². The molecule has 1 aliphatic heterocycles. The van der Waals surface area contributed by atoms with Crippen molar-refractivity contribution in [3.05, 3.63) is 84.7 Å². The van der Waals surface area contributed by atoms with Gasteiger partial charge in [-0.1, -0.05) is 40.9 Å². The van der Waals surface area contributed by atoms with Crippen molar-refractivity contribution >= 4 is 34.8 Å². The lowest BCUT2D eigenvalue weighted by Crippen LogP contribution is -2.35. The maximum atomic E-state index is 12.5. The van der Waals surface area contributed by atoms with Crippen LogP contribution in [-0.4, -0.2) is 21.4 Å². The molecule has 3 aromatic rings. The van der Waals surface area contributed by atoms with Crippen LogP contribution in [0.2, 0.25) is 15.1 Å². The highest BCUT2D eigenvalue weighted by Gasteiger charge is 2.21. The van der Waals surface area contributed by atoms with Crippen molar-refractivity contribution in [2.75, 3.05) is 6.54 Å². The molecule has 0 saturated carbocycles. The second-order valence-electron chi connectivity index (χ2n) is 6.56. The van der Waals surface area contributed by atoms with Crippen molar-refractivity contribution in [2.24, 2.45) is 0 Å². The third-order valence-electron chi connectivity index (χ3n) is 4.66. The van der Waals surface area contributed by atoms with Crippen molar-refractivity contribution in [1.29, 1.82) is 0 Å². The number of H-pyrrole nitrogens is 1. The van der Waals surface area contributed by atoms with E-state index >= 15 is 0 Å². The van der Waals surface area contributed by atoms with Gasteiger partial charge in [0, 0.05) is 35.8 Å². The van der Waals surface area contributed by atoms with Crippen molar-refractivity contribution < 1.29 is 0 Å². The number of halogens is 3. The lowest BCUT2D eigenvalue weighted by molar-refractivity contribution is 0.240. The third-order valence-corrected chi connectivity index (χ3v) is 5.65. The molecule has 0 bridgehead atoms. The van der Waals surface area contributed by atoms with Gasteiger partial charge in [-0.3, -0.25) is 9.69 Å². The summed E-state index contributed by atoms with van der Waals surface area (Å²) in [6.45, 7) is 2.12. The van der Waals surface area contributed by atoms with Crippen LogP contribution in [0.5, 0.6) is 0 Å². The summed E-state index contributed by atoms with van der Waals surface area (Å²) in [5.41, 5.74) is 3.42. The van der Waals surface area contributed by atoms with Gasteiger partial charge in [-0.15, -0.1) is 0 Å². The number of aromatic amines is 1. The van der Waals surface area contributed by atoms with Gasteiger partial charge in [0.1, 0.15) is 5.82 Å². The van der Waals surface area contributed by atoms with E-state index in [-0.39, 0.29) is 5.56 Å². The molecule has 7 heteroatoms. The predicted octanol–water partition coefficient (Wildman–Crippen LogP) is 4.96. The summed E-state index contributed by atoms with van der Waals surface area (Å²) in [6.07, 6.45) is 0.667. The average Bonchev–Trinajstić information content (AvgIpc) is 2.65. The molecule has 4 rings (SSSR count). The van der Waals surface area contributed by atoms with Gasteiger partial charge in [0.25, 0.3) is 5.56 Å². The fourth-order valence-corrected chi connectivity index (χ4v) is 3.72. The molecule has 0 fully saturated rings. The van der Waals surface area contributed by atoms with E-state index in [1.54, 1.807) is 18.2 Å². The lowest BCUT2D eigenvalue weighted by atomic mass is 10.0. The quantitative estimate of drug-likeness (QED) is 0.652. The summed E-state index contributed by atoms with van der Waals surface area (Å²) < 4.78 is 0. The Labute approximate surface area is 171 Å². The zero-order valence-electron chi connectivity index (χ0n) is 14.3. The zero-order chi connectivity index (χ0) is 19.0. The molecule has 0 unspecified atom stereocenters. The van der Waals surface area contributed by atoms with Crippen LogP contribution in [-0.2, 0) is 19.5 Å². The number of fused-ring (bicyclic) bond motifs is 1. The maximum Gasteiger partial charge on any atom is 0.254 e. The predicted molar refractivity (Wildman–Crippen MR) is 110 cm³/mol. The standard InChI is InChI=1S/C20H16Cl3N3O/c21-14-4-2-13(3-5-14)19-24-18-11-26(8-7-15(18)20(27)25-19)10-12-1-6-16(22)17(23)9-12/h1-6,9H,7-8,10-11H2,(H,24,25,27). The van der Waals surface area contributed by atoms with Crippen LogP contribution in [0.15, 0.2) is 47.3 Å². The minimum absolute atomic E-state index is 0.0702. The number of aromatic nitrogens is 2. The molecule has 0 amide bonds. The molecule has 1 N–H and O–H groups in total. The highest BCUT2D eigenvalue weighted by atomic mass is 35.5. The smallest absolute Gasteiger partial charge is 0.254 e. The summed E-state index contributed by atoms with van der Waals surface area (Å²) in [5, 5.41) is 1.74. The molecule has 0 atom stereocenters. The van der Waals surface area contributed by atoms with Gasteiger partial charge in [0.2, 0.25) is 0 Å². The fraction of sp³-hybridized carbons (Fsp3) is 0.200. The van der Waals surface area contributed by atoms with Gasteiger partial charge in [-0.2, -0.15) is 0 Å². The fourth-order valence-electron chi connectivity index (χ4n) is 3.27. The van der Waals surface area contributed by atoms with E-state index in [4.69, 9.17) is 39.8 Å². The molecule has 0 aliphatic carbocycles. The molecule has 138 valence electrons. The first kappa shape index (κ1) is 18.5. The lowest BCUT2D eigenvalue weighted by Gasteiger charge is -2.27. The molecule has 1 aromatic heterocycles. The van der Waals surface area contributed by atoms with E-state index in [0.29, 0.717) is 33.9 Å². The number of hydrogen-bond donors (Lipinski definition) is 1. The number of benzene rings is 2. The van der Waals surface area contributed by atoms with Crippen LogP contribution in [0.4, 0.5) is 0 Å². The average molecular weight is 421 g/mol. The second-order valence-corrected chi connectivity index (χ2v) is 7.81. The Kier molecular flexibility index (Phi) is 5.24. The Morgan fingerprint density at radius 1 is 1.04 bits per heavy atom. The van der Waals surface area contributed by atoms with Gasteiger partial charge in [0.05, 0.1) is 15.7 Å². The van der Waals surface area contributed by atoms with Crippen molar-refractivity contribution in [1.82, 2.24) is 14.9 Å². The Hall–Kier alpha value is -1.85. The maximum absolute atomic E-state index is 12.5. The van der Waals surface area contributed by atoms with E-state index < -0.39 is 0 Å². The molecule has 0 radical (unpaired) electrons. The molecule has 0 saturated heterocycles. The molecule has 0 spiro atoms. The molecular formula is C20H16Cl3N3O. The normalized spacial score (nSPS) is 14.2. The number of nitrogens with zero attached hydrogens (tertiary/aromatic N) is 2. The first-order valence-corrected chi connectivity index (χ1v) is 9.67. The Morgan fingerprint density at radius 2 is 1.81 bits per heavy atom. The first-order valence-electron chi connectivity index (χ1n) is 8.54. The topological polar surface area (TPSA) is 49.0 Å². The molecule has 1 aliphatic rings. The Balaban J connectivity index is 1.60. The molecule has 2 heterocycles. The largest absolute Gasteiger partial charge is 0.306 e. The monoisotopic (exact) mass is 419 g/mol. The van der Waals surface area contributed by atoms with E-state index in [0.717, 1.165) is 35.5 Å². The summed E-state index contributed by atoms with van der Waals surface area (Å²) in [5.74, 6) is 0.562. The van der Waals surface area contributed by atoms with Crippen molar-refractivity contribution in [3.63, 3.8) is 0 Å². The van der Waals surface area contributed by atoms with Crippen LogP contribution in [0.1, 0.15) is 16.8 Å². The SMILES string of the molecule is O=c1[nH]c(-c2ccc(Cl)cc2)nc2c1CCN(Cc1ccc(Cl)c(Cl)c1)C2. The van der Waals surface area contributed by atoms with Gasteiger partial charge in [-0.05, 0) is 48.4 Å². The van der Waals surface area contributed by atoms with Gasteiger partial charge in [0.15, 0.2) is 0 Å². The molecule has 27 heavy (non-hydrogen) atoms. The second kappa shape index (κ2) is 7.64. The van der Waals surface area contributed by atoms with Gasteiger partial charge in [-0.25, -0.2) is 4.98 Å². The van der Waals surface area contributed by atoms with E-state index in [9.17, 15) is 4.79 Å². The minimum atomic E-state index is -0.0702. The van der Waals surface area contributed by atoms with Crippen LogP contribution in [0, 0.1) is 0 Å². The first-order chi connectivity index (χ1) is 13.0. The van der Waals surface area contributed by atoms with E-state index in [1.807, 2.05) is 24.3 Å². The molecular weight excluding hydrogens is 405 g/mol. The summed E-state index contributed by atoms with van der Waals surface area (Å²) in [6, 6.07) is 12.9. The third kappa shape index (κ3) is 4.04. The van der Waals surface area contributed by atoms with Gasteiger partial charge < -0.3 is 4.98 Å².